The second-order valence-corrected chi connectivity index (χ2v) is 8.73. The van der Waals surface area contributed by atoms with Crippen LogP contribution in [0.15, 0.2) is 42.5 Å². The Balaban J connectivity index is 1.41. The first-order chi connectivity index (χ1) is 16.0. The second kappa shape index (κ2) is 11.0. The quantitative estimate of drug-likeness (QED) is 0.430. The van der Waals surface area contributed by atoms with Crippen LogP contribution in [0, 0.1) is 11.7 Å². The zero-order valence-corrected chi connectivity index (χ0v) is 18.6. The first-order valence-electron chi connectivity index (χ1n) is 10.5. The number of hydrogen-bond donors (Lipinski definition) is 2. The average Bonchev–Trinajstić information content (AvgIpc) is 3.28. The van der Waals surface area contributed by atoms with Crippen molar-refractivity contribution >= 4 is 17.0 Å². The van der Waals surface area contributed by atoms with E-state index in [0.717, 1.165) is 17.3 Å². The van der Waals surface area contributed by atoms with Gasteiger partial charge >= 0.3 is 0 Å². The second-order valence-electron chi connectivity index (χ2n) is 7.68. The summed E-state index contributed by atoms with van der Waals surface area (Å²) in [5, 5.41) is 16.6. The number of fused-ring (bicyclic) bond motifs is 1. The average molecular weight is 481 g/mol. The summed E-state index contributed by atoms with van der Waals surface area (Å²) in [6, 6.07) is 11.9. The molecule has 0 radical (unpaired) electrons. The van der Waals surface area contributed by atoms with Crippen LogP contribution in [-0.4, -0.2) is 64.8 Å². The number of thioether (sulfide) groups is 1. The van der Waals surface area contributed by atoms with Crippen LogP contribution in [0.1, 0.15) is 17.9 Å². The van der Waals surface area contributed by atoms with Crippen LogP contribution < -0.4 is 14.2 Å². The molecule has 2 aromatic carbocycles. The Morgan fingerprint density at radius 3 is 2.76 bits per heavy atom. The Morgan fingerprint density at radius 1 is 1.18 bits per heavy atom. The maximum absolute atomic E-state index is 13.4. The molecule has 0 unspecified atom stereocenters. The zero-order chi connectivity index (χ0) is 23.2. The Labute approximate surface area is 194 Å². The number of rotatable bonds is 8. The molecular formula is C22H25FN2O7S. The van der Waals surface area contributed by atoms with Gasteiger partial charge in [-0.1, -0.05) is 23.9 Å². The summed E-state index contributed by atoms with van der Waals surface area (Å²) in [5.41, 5.74) is 1.01. The van der Waals surface area contributed by atoms with Gasteiger partial charge in [0.05, 0.1) is 18.6 Å². The minimum atomic E-state index is -0.372. The van der Waals surface area contributed by atoms with E-state index in [2.05, 4.69) is 4.84 Å². The number of amides is 1. The number of nitrogens with zero attached hydrogens (tertiary/aromatic N) is 2. The summed E-state index contributed by atoms with van der Waals surface area (Å²) in [4.78, 5) is 18.9. The van der Waals surface area contributed by atoms with Gasteiger partial charge in [0.25, 0.3) is 5.24 Å². The van der Waals surface area contributed by atoms with Crippen molar-refractivity contribution in [3.05, 3.63) is 53.8 Å². The van der Waals surface area contributed by atoms with Crippen molar-refractivity contribution < 1.29 is 38.6 Å². The normalized spacial score (nSPS) is 19.7. The van der Waals surface area contributed by atoms with Crippen LogP contribution in [-0.2, 0) is 4.84 Å². The largest absolute Gasteiger partial charge is 0.493 e. The first kappa shape index (κ1) is 23.6. The number of hydrogen-bond acceptors (Lipinski definition) is 9. The Hall–Kier alpha value is -2.57. The molecule has 2 heterocycles. The van der Waals surface area contributed by atoms with Gasteiger partial charge in [-0.25, -0.2) is 9.23 Å². The number of carbonyl (C=O) groups is 1. The molecule has 0 aromatic heterocycles. The van der Waals surface area contributed by atoms with Crippen molar-refractivity contribution in [2.45, 2.75) is 12.3 Å². The van der Waals surface area contributed by atoms with Gasteiger partial charge in [-0.15, -0.1) is 0 Å². The highest BCUT2D eigenvalue weighted by Crippen LogP contribution is 2.37. The Bertz CT molecular complexity index is 947. The summed E-state index contributed by atoms with van der Waals surface area (Å²) in [7, 11) is 0. The third kappa shape index (κ3) is 6.27. The van der Waals surface area contributed by atoms with Crippen molar-refractivity contribution in [3.63, 3.8) is 0 Å². The van der Waals surface area contributed by atoms with E-state index in [1.54, 1.807) is 29.2 Å². The fourth-order valence-corrected chi connectivity index (χ4v) is 4.71. The summed E-state index contributed by atoms with van der Waals surface area (Å²) >= 11 is 1.05. The molecule has 0 saturated carbocycles. The molecule has 11 heteroatoms. The highest BCUT2D eigenvalue weighted by Gasteiger charge is 2.33. The van der Waals surface area contributed by atoms with E-state index in [9.17, 15) is 9.18 Å². The third-order valence-corrected chi connectivity index (χ3v) is 6.49. The molecule has 2 N–H and O–H groups in total. The molecule has 1 fully saturated rings. The number of ether oxygens (including phenoxy) is 3. The van der Waals surface area contributed by atoms with Crippen molar-refractivity contribution in [3.8, 4) is 17.2 Å². The Kier molecular flexibility index (Phi) is 7.89. The molecule has 178 valence electrons. The summed E-state index contributed by atoms with van der Waals surface area (Å²) in [6.07, 6.45) is 0.713. The van der Waals surface area contributed by atoms with E-state index < -0.39 is 0 Å². The van der Waals surface area contributed by atoms with Crippen LogP contribution in [0.2, 0.25) is 0 Å². The molecule has 2 aromatic rings. The standard InChI is InChI=1S/C22H25FN2O7S/c23-17-3-1-15(2-4-17)19-7-8-24(22(26)33-10-9-32-25(27)28)12-16(19)13-29-18-5-6-20-21(11-18)31-14-30-20/h1-6,11,16,19,27-28H,7-10,12-14H2/t16-,19-/m0/s1. The van der Waals surface area contributed by atoms with Gasteiger partial charge in [0.1, 0.15) is 11.6 Å². The number of halogens is 1. The molecule has 4 rings (SSSR count). The monoisotopic (exact) mass is 480 g/mol. The van der Waals surface area contributed by atoms with E-state index in [-0.39, 0.29) is 47.4 Å². The van der Waals surface area contributed by atoms with Crippen LogP contribution >= 0.6 is 11.8 Å². The van der Waals surface area contributed by atoms with Crippen LogP contribution in [0.4, 0.5) is 9.18 Å². The topological polar surface area (TPSA) is 101 Å². The van der Waals surface area contributed by atoms with Gasteiger partial charge in [-0.3, -0.25) is 15.2 Å². The molecular weight excluding hydrogens is 455 g/mol. The van der Waals surface area contributed by atoms with E-state index in [1.807, 2.05) is 6.07 Å². The number of carbonyl (C=O) groups excluding carboxylic acids is 1. The molecule has 0 aliphatic carbocycles. The lowest BCUT2D eigenvalue weighted by Crippen LogP contribution is -2.43. The number of likely N-dealkylation sites (tertiary alicyclic amines) is 1. The molecule has 1 amide bonds. The Morgan fingerprint density at radius 2 is 1.97 bits per heavy atom. The molecule has 9 nitrogen and oxygen atoms in total. The highest BCUT2D eigenvalue weighted by molar-refractivity contribution is 8.13. The summed E-state index contributed by atoms with van der Waals surface area (Å²) in [6.45, 7) is 1.56. The van der Waals surface area contributed by atoms with Crippen molar-refractivity contribution in [2.75, 3.05) is 38.8 Å². The molecule has 2 atom stereocenters. The van der Waals surface area contributed by atoms with Gasteiger partial charge in [-0.2, -0.15) is 0 Å². The number of benzene rings is 2. The van der Waals surface area contributed by atoms with Crippen LogP contribution in [0.25, 0.3) is 0 Å². The number of piperidine rings is 1. The predicted octanol–water partition coefficient (Wildman–Crippen LogP) is 3.90. The van der Waals surface area contributed by atoms with E-state index in [4.69, 9.17) is 24.6 Å². The van der Waals surface area contributed by atoms with Gasteiger partial charge in [0.15, 0.2) is 11.5 Å². The molecule has 33 heavy (non-hydrogen) atoms. The van der Waals surface area contributed by atoms with Gasteiger partial charge < -0.3 is 19.1 Å². The lowest BCUT2D eigenvalue weighted by atomic mass is 9.81. The first-order valence-corrected chi connectivity index (χ1v) is 11.5. The van der Waals surface area contributed by atoms with E-state index in [0.29, 0.717) is 43.4 Å². The van der Waals surface area contributed by atoms with Crippen LogP contribution in [0.3, 0.4) is 0 Å². The minimum absolute atomic E-state index is 0.0131. The summed E-state index contributed by atoms with van der Waals surface area (Å²) in [5.74, 6) is 2.02. The zero-order valence-electron chi connectivity index (χ0n) is 17.8. The predicted molar refractivity (Wildman–Crippen MR) is 116 cm³/mol. The highest BCUT2D eigenvalue weighted by atomic mass is 32.2. The van der Waals surface area contributed by atoms with Crippen molar-refractivity contribution in [1.82, 2.24) is 10.3 Å². The van der Waals surface area contributed by atoms with Crippen molar-refractivity contribution in [2.24, 2.45) is 5.92 Å². The maximum Gasteiger partial charge on any atom is 0.281 e. The van der Waals surface area contributed by atoms with Gasteiger partial charge in [0.2, 0.25) is 6.79 Å². The minimum Gasteiger partial charge on any atom is -0.493 e. The lowest BCUT2D eigenvalue weighted by Gasteiger charge is -2.38. The molecule has 2 aliphatic rings. The van der Waals surface area contributed by atoms with E-state index in [1.165, 1.54) is 12.1 Å². The maximum atomic E-state index is 13.4. The van der Waals surface area contributed by atoms with Crippen molar-refractivity contribution in [1.29, 1.82) is 0 Å². The molecule has 1 saturated heterocycles. The smallest absolute Gasteiger partial charge is 0.281 e. The third-order valence-electron chi connectivity index (χ3n) is 5.61. The van der Waals surface area contributed by atoms with E-state index >= 15 is 0 Å². The SMILES string of the molecule is O=C(SCCON(O)O)N1CC[C@@H](c2ccc(F)cc2)[C@H](COc2ccc3c(c2)OCO3)C1. The lowest BCUT2D eigenvalue weighted by molar-refractivity contribution is -0.490. The molecule has 2 aliphatic heterocycles. The van der Waals surface area contributed by atoms with Crippen LogP contribution in [0.5, 0.6) is 17.2 Å². The van der Waals surface area contributed by atoms with Gasteiger partial charge in [-0.05, 0) is 42.2 Å². The summed E-state index contributed by atoms with van der Waals surface area (Å²) < 4.78 is 30.2. The van der Waals surface area contributed by atoms with Gasteiger partial charge in [0, 0.05) is 30.8 Å². The molecule has 0 spiro atoms. The fourth-order valence-electron chi connectivity index (χ4n) is 4.02. The fraction of sp³-hybridized carbons (Fsp3) is 0.409. The molecule has 0 bridgehead atoms.